The van der Waals surface area contributed by atoms with E-state index in [4.69, 9.17) is 38.1 Å². The van der Waals surface area contributed by atoms with E-state index in [9.17, 15) is 14.4 Å². The lowest BCUT2D eigenvalue weighted by molar-refractivity contribution is -0.163. The number of hydrogen-bond donors (Lipinski definition) is 1. The quantitative estimate of drug-likeness (QED) is 0.315. The lowest BCUT2D eigenvalue weighted by Gasteiger charge is -2.37. The lowest BCUT2D eigenvalue weighted by Crippen LogP contribution is -2.56. The molecule has 2 atom stereocenters. The van der Waals surface area contributed by atoms with Crippen molar-refractivity contribution in [3.63, 3.8) is 0 Å². The Morgan fingerprint density at radius 3 is 1.97 bits per heavy atom. The predicted molar refractivity (Wildman–Crippen MR) is 120 cm³/mol. The third-order valence-electron chi connectivity index (χ3n) is 4.50. The minimum atomic E-state index is -1.48. The number of esters is 2. The largest absolute Gasteiger partial charge is 0.465 e. The summed E-state index contributed by atoms with van der Waals surface area (Å²) in [4.78, 5) is 38.6. The Labute approximate surface area is 193 Å². The number of amides is 1. The zero-order valence-corrected chi connectivity index (χ0v) is 20.0. The number of nitrogens with zero attached hydrogens (tertiary/aromatic N) is 1. The van der Waals surface area contributed by atoms with E-state index in [1.807, 2.05) is 0 Å². The maximum absolute atomic E-state index is 13.1. The monoisotopic (exact) mass is 472 g/mol. The van der Waals surface area contributed by atoms with Gasteiger partial charge in [0.25, 0.3) is 5.91 Å². The van der Waals surface area contributed by atoms with Gasteiger partial charge in [-0.05, 0) is 19.4 Å². The number of hydrogen-bond acceptors (Lipinski definition) is 6. The molecule has 0 saturated heterocycles. The SMILES string of the molecule is CCOC(=O)C(C(=N)C(C)(C)C)C(C(=O)OCC)N(Cc1ccccc1)C(=O)C(Cl)Cl. The first-order chi connectivity index (χ1) is 14.4. The summed E-state index contributed by atoms with van der Waals surface area (Å²) in [5.41, 5.74) is -0.176. The van der Waals surface area contributed by atoms with E-state index >= 15 is 0 Å². The molecular formula is C22H30Cl2N2O5. The highest BCUT2D eigenvalue weighted by Gasteiger charge is 2.47. The third-order valence-corrected chi connectivity index (χ3v) is 4.88. The van der Waals surface area contributed by atoms with E-state index in [1.54, 1.807) is 65.0 Å². The van der Waals surface area contributed by atoms with Gasteiger partial charge in [0.05, 0.1) is 13.2 Å². The Hall–Kier alpha value is -2.12. The second-order valence-corrected chi connectivity index (χ2v) is 8.94. The van der Waals surface area contributed by atoms with Crippen LogP contribution in [0, 0.1) is 16.7 Å². The van der Waals surface area contributed by atoms with E-state index in [2.05, 4.69) is 0 Å². The predicted octanol–water partition coefficient (Wildman–Crippen LogP) is 4.00. The summed E-state index contributed by atoms with van der Waals surface area (Å²) in [6, 6.07) is 7.40. The van der Waals surface area contributed by atoms with E-state index in [0.717, 1.165) is 4.90 Å². The maximum atomic E-state index is 13.1. The fourth-order valence-electron chi connectivity index (χ4n) is 2.99. The van der Waals surface area contributed by atoms with Gasteiger partial charge in [0, 0.05) is 17.7 Å². The molecule has 1 N–H and O–H groups in total. The van der Waals surface area contributed by atoms with Gasteiger partial charge in [0.1, 0.15) is 12.0 Å². The molecule has 0 saturated carbocycles. The molecule has 0 heterocycles. The molecule has 1 rings (SSSR count). The van der Waals surface area contributed by atoms with Crippen molar-refractivity contribution in [2.75, 3.05) is 13.2 Å². The van der Waals surface area contributed by atoms with Gasteiger partial charge in [-0.15, -0.1) is 0 Å². The summed E-state index contributed by atoms with van der Waals surface area (Å²) in [5.74, 6) is -3.81. The van der Waals surface area contributed by atoms with Gasteiger partial charge in [0.15, 0.2) is 4.84 Å². The summed E-state index contributed by atoms with van der Waals surface area (Å²) in [6.07, 6.45) is 0. The molecule has 0 aliphatic heterocycles. The van der Waals surface area contributed by atoms with Crippen molar-refractivity contribution >= 4 is 46.8 Å². The second-order valence-electron chi connectivity index (χ2n) is 7.84. The Balaban J connectivity index is 3.65. The molecule has 7 nitrogen and oxygen atoms in total. The molecule has 2 unspecified atom stereocenters. The molecule has 1 amide bonds. The number of rotatable bonds is 10. The van der Waals surface area contributed by atoms with Gasteiger partial charge in [-0.3, -0.25) is 9.59 Å². The fraction of sp³-hybridized carbons (Fsp3) is 0.545. The van der Waals surface area contributed by atoms with Crippen molar-refractivity contribution in [1.29, 1.82) is 5.41 Å². The van der Waals surface area contributed by atoms with Gasteiger partial charge in [-0.1, -0.05) is 74.3 Å². The number of ether oxygens (including phenoxy) is 2. The van der Waals surface area contributed by atoms with Crippen molar-refractivity contribution in [2.24, 2.45) is 11.3 Å². The van der Waals surface area contributed by atoms with Gasteiger partial charge in [-0.2, -0.15) is 0 Å². The fourth-order valence-corrected chi connectivity index (χ4v) is 3.24. The van der Waals surface area contributed by atoms with E-state index in [-0.39, 0.29) is 25.5 Å². The Bertz CT molecular complexity index is 778. The van der Waals surface area contributed by atoms with Gasteiger partial charge in [0.2, 0.25) is 0 Å². The number of carbonyl (C=O) groups excluding carboxylic acids is 3. The zero-order valence-electron chi connectivity index (χ0n) is 18.5. The molecule has 0 fully saturated rings. The van der Waals surface area contributed by atoms with Gasteiger partial charge < -0.3 is 19.8 Å². The summed E-state index contributed by atoms with van der Waals surface area (Å²) >= 11 is 11.8. The van der Waals surface area contributed by atoms with Gasteiger partial charge >= 0.3 is 11.9 Å². The highest BCUT2D eigenvalue weighted by molar-refractivity contribution is 6.53. The van der Waals surface area contributed by atoms with Crippen LogP contribution in [0.15, 0.2) is 30.3 Å². The normalized spacial score (nSPS) is 13.3. The minimum absolute atomic E-state index is 0.0201. The van der Waals surface area contributed by atoms with Crippen LogP contribution in [-0.4, -0.2) is 52.5 Å². The molecule has 9 heteroatoms. The summed E-state index contributed by atoms with van der Waals surface area (Å²) in [5, 5.41) is 8.67. The highest BCUT2D eigenvalue weighted by Crippen LogP contribution is 2.29. The van der Waals surface area contributed by atoms with Gasteiger partial charge in [-0.25, -0.2) is 4.79 Å². The first kappa shape index (κ1) is 26.9. The molecular weight excluding hydrogens is 443 g/mol. The Kier molecular flexibility index (Phi) is 10.5. The van der Waals surface area contributed by atoms with Crippen molar-refractivity contribution < 1.29 is 23.9 Å². The number of benzene rings is 1. The standard InChI is InChI=1S/C22H30Cl2N2O5/c1-6-30-20(28)15(17(25)22(3,4)5)16(21(29)31-7-2)26(19(27)18(23)24)13-14-11-9-8-10-12-14/h8-12,15-16,18,25H,6-7,13H2,1-5H3. The van der Waals surface area contributed by atoms with E-state index in [1.165, 1.54) is 0 Å². The van der Waals surface area contributed by atoms with Crippen LogP contribution in [0.4, 0.5) is 0 Å². The van der Waals surface area contributed by atoms with Crippen LogP contribution in [0.25, 0.3) is 0 Å². The number of halogens is 2. The van der Waals surface area contributed by atoms with Crippen LogP contribution < -0.4 is 0 Å². The van der Waals surface area contributed by atoms with Crippen LogP contribution in [-0.2, 0) is 30.4 Å². The number of alkyl halides is 2. The lowest BCUT2D eigenvalue weighted by atomic mass is 9.78. The third kappa shape index (κ3) is 7.51. The van der Waals surface area contributed by atoms with Crippen LogP contribution >= 0.6 is 23.2 Å². The molecule has 0 aromatic heterocycles. The van der Waals surface area contributed by atoms with Crippen LogP contribution in [0.3, 0.4) is 0 Å². The smallest absolute Gasteiger partial charge is 0.330 e. The molecule has 0 aliphatic rings. The van der Waals surface area contributed by atoms with E-state index < -0.39 is 40.1 Å². The van der Waals surface area contributed by atoms with Crippen LogP contribution in [0.5, 0.6) is 0 Å². The second kappa shape index (κ2) is 12.1. The van der Waals surface area contributed by atoms with Crippen molar-refractivity contribution in [2.45, 2.75) is 52.0 Å². The van der Waals surface area contributed by atoms with Crippen LogP contribution in [0.1, 0.15) is 40.2 Å². The Morgan fingerprint density at radius 2 is 1.52 bits per heavy atom. The molecule has 0 spiro atoms. The molecule has 0 bridgehead atoms. The van der Waals surface area contributed by atoms with E-state index in [0.29, 0.717) is 5.56 Å². The molecule has 1 aromatic rings. The molecule has 0 aliphatic carbocycles. The number of carbonyl (C=O) groups is 3. The minimum Gasteiger partial charge on any atom is -0.465 e. The number of nitrogens with one attached hydrogen (secondary N) is 1. The molecule has 1 aromatic carbocycles. The Morgan fingerprint density at radius 1 is 1.00 bits per heavy atom. The average molecular weight is 473 g/mol. The maximum Gasteiger partial charge on any atom is 0.330 e. The van der Waals surface area contributed by atoms with Crippen LogP contribution in [0.2, 0.25) is 0 Å². The molecule has 31 heavy (non-hydrogen) atoms. The van der Waals surface area contributed by atoms with Crippen molar-refractivity contribution in [3.05, 3.63) is 35.9 Å². The summed E-state index contributed by atoms with van der Waals surface area (Å²) in [7, 11) is 0. The topological polar surface area (TPSA) is 96.8 Å². The summed E-state index contributed by atoms with van der Waals surface area (Å²) < 4.78 is 10.4. The van der Waals surface area contributed by atoms with Crippen molar-refractivity contribution in [1.82, 2.24) is 4.90 Å². The molecule has 0 radical (unpaired) electrons. The highest BCUT2D eigenvalue weighted by atomic mass is 35.5. The first-order valence-corrected chi connectivity index (χ1v) is 10.9. The average Bonchev–Trinajstić information content (AvgIpc) is 2.69. The summed E-state index contributed by atoms with van der Waals surface area (Å²) in [6.45, 7) is 8.44. The zero-order chi connectivity index (χ0) is 23.8. The van der Waals surface area contributed by atoms with Crippen molar-refractivity contribution in [3.8, 4) is 0 Å². The first-order valence-electron chi connectivity index (χ1n) is 10.00. The molecule has 172 valence electrons.